The molecule has 2 aliphatic heterocycles. The zero-order valence-corrected chi connectivity index (χ0v) is 19.8. The molecule has 3 amide bonds. The lowest BCUT2D eigenvalue weighted by atomic mass is 9.92. The van der Waals surface area contributed by atoms with Crippen LogP contribution in [0.2, 0.25) is 0 Å². The third-order valence-corrected chi connectivity index (χ3v) is 5.80. The number of carbonyl (C=O) groups excluding carboxylic acids is 3. The van der Waals surface area contributed by atoms with Crippen LogP contribution in [0.5, 0.6) is 0 Å². The molecule has 8 heteroatoms. The Kier molecular flexibility index (Phi) is 12.5. The van der Waals surface area contributed by atoms with Gasteiger partial charge in [-0.3, -0.25) is 9.59 Å². The lowest BCUT2D eigenvalue weighted by Crippen LogP contribution is -2.41. The van der Waals surface area contributed by atoms with Crippen LogP contribution in [0, 0.1) is 11.8 Å². The lowest BCUT2D eigenvalue weighted by molar-refractivity contribution is -0.119. The zero-order chi connectivity index (χ0) is 23.3. The quantitative estimate of drug-likeness (QED) is 0.535. The molecule has 180 valence electrons. The van der Waals surface area contributed by atoms with Gasteiger partial charge in [-0.05, 0) is 97.1 Å². The van der Waals surface area contributed by atoms with Gasteiger partial charge < -0.3 is 26.4 Å². The Hall–Kier alpha value is -1.83. The van der Waals surface area contributed by atoms with Crippen molar-refractivity contribution in [3.63, 3.8) is 0 Å². The van der Waals surface area contributed by atoms with Crippen LogP contribution >= 0.6 is 0 Å². The summed E-state index contributed by atoms with van der Waals surface area (Å²) < 4.78 is 5.35. The molecule has 0 bridgehead atoms. The van der Waals surface area contributed by atoms with Gasteiger partial charge in [-0.25, -0.2) is 4.79 Å². The molecule has 2 heterocycles. The van der Waals surface area contributed by atoms with Gasteiger partial charge in [-0.2, -0.15) is 0 Å². The standard InChI is InChI=1S/C14H26N2O3.C9H18N2O/c1-14(2,3)19-13(18)16-9-7-11(8-10-16)5-4-6-12(15)17;10-9(12)3-1-2-8-4-6-11-7-5-8/h11H,4-10H2,1-3H3,(H2,15,17);8,11H,1-7H2,(H2,10,12). The van der Waals surface area contributed by atoms with Crippen molar-refractivity contribution in [3.05, 3.63) is 0 Å². The fraction of sp³-hybridized carbons (Fsp3) is 0.870. The highest BCUT2D eigenvalue weighted by Crippen LogP contribution is 2.24. The molecule has 0 saturated carbocycles. The number of amides is 3. The SMILES string of the molecule is CC(C)(C)OC(=O)N1CCC(CCCC(N)=O)CC1.NC(=O)CCCC1CCNCC1. The number of likely N-dealkylation sites (tertiary alicyclic amines) is 1. The summed E-state index contributed by atoms with van der Waals surface area (Å²) in [7, 11) is 0. The van der Waals surface area contributed by atoms with Crippen LogP contribution in [-0.2, 0) is 14.3 Å². The third-order valence-electron chi connectivity index (χ3n) is 5.80. The van der Waals surface area contributed by atoms with E-state index in [1.165, 1.54) is 19.3 Å². The summed E-state index contributed by atoms with van der Waals surface area (Å²) in [6.45, 7) is 9.40. The molecule has 0 unspecified atom stereocenters. The van der Waals surface area contributed by atoms with E-state index in [0.29, 0.717) is 18.8 Å². The fourth-order valence-electron chi connectivity index (χ4n) is 4.03. The number of carbonyl (C=O) groups is 3. The van der Waals surface area contributed by atoms with Crippen LogP contribution in [-0.4, -0.2) is 54.6 Å². The first-order chi connectivity index (χ1) is 14.6. The average molecular weight is 441 g/mol. The molecule has 8 nitrogen and oxygen atoms in total. The topological polar surface area (TPSA) is 128 Å². The first-order valence-corrected chi connectivity index (χ1v) is 11.8. The molecule has 0 aromatic rings. The maximum absolute atomic E-state index is 11.9. The molecular weight excluding hydrogens is 396 g/mol. The Morgan fingerprint density at radius 3 is 1.74 bits per heavy atom. The molecule has 0 aliphatic carbocycles. The van der Waals surface area contributed by atoms with E-state index in [9.17, 15) is 14.4 Å². The number of nitrogens with two attached hydrogens (primary N) is 2. The van der Waals surface area contributed by atoms with Gasteiger partial charge >= 0.3 is 6.09 Å². The Labute approximate surface area is 187 Å². The first-order valence-electron chi connectivity index (χ1n) is 11.8. The van der Waals surface area contributed by atoms with Crippen molar-refractivity contribution < 1.29 is 19.1 Å². The minimum Gasteiger partial charge on any atom is -0.444 e. The molecule has 0 aromatic heterocycles. The van der Waals surface area contributed by atoms with E-state index in [-0.39, 0.29) is 17.9 Å². The summed E-state index contributed by atoms with van der Waals surface area (Å²) >= 11 is 0. The second-order valence-electron chi connectivity index (χ2n) is 9.82. The Bertz CT molecular complexity index is 548. The van der Waals surface area contributed by atoms with E-state index in [4.69, 9.17) is 16.2 Å². The summed E-state index contributed by atoms with van der Waals surface area (Å²) in [4.78, 5) is 34.8. The molecule has 0 atom stereocenters. The van der Waals surface area contributed by atoms with Crippen LogP contribution in [0.1, 0.15) is 85.0 Å². The van der Waals surface area contributed by atoms with Gasteiger partial charge in [0.1, 0.15) is 5.60 Å². The monoisotopic (exact) mass is 440 g/mol. The van der Waals surface area contributed by atoms with E-state index in [1.54, 1.807) is 4.90 Å². The zero-order valence-electron chi connectivity index (χ0n) is 19.8. The van der Waals surface area contributed by atoms with Gasteiger partial charge in [0.05, 0.1) is 0 Å². The van der Waals surface area contributed by atoms with E-state index in [0.717, 1.165) is 64.2 Å². The highest BCUT2D eigenvalue weighted by Gasteiger charge is 2.26. The van der Waals surface area contributed by atoms with Crippen molar-refractivity contribution in [3.8, 4) is 0 Å². The number of piperidine rings is 2. The molecule has 0 aromatic carbocycles. The predicted molar refractivity (Wildman–Crippen MR) is 122 cm³/mol. The minimum absolute atomic E-state index is 0.163. The third kappa shape index (κ3) is 14.0. The van der Waals surface area contributed by atoms with Gasteiger partial charge in [0.15, 0.2) is 0 Å². The van der Waals surface area contributed by atoms with Crippen LogP contribution in [0.25, 0.3) is 0 Å². The van der Waals surface area contributed by atoms with Crippen molar-refractivity contribution in [1.29, 1.82) is 0 Å². The predicted octanol–water partition coefficient (Wildman–Crippen LogP) is 2.93. The highest BCUT2D eigenvalue weighted by molar-refractivity contribution is 5.73. The number of hydrogen-bond acceptors (Lipinski definition) is 5. The second kappa shape index (κ2) is 14.3. The number of primary amides is 2. The van der Waals surface area contributed by atoms with Crippen LogP contribution < -0.4 is 16.8 Å². The largest absolute Gasteiger partial charge is 0.444 e. The number of rotatable bonds is 8. The highest BCUT2D eigenvalue weighted by atomic mass is 16.6. The first kappa shape index (κ1) is 27.2. The summed E-state index contributed by atoms with van der Waals surface area (Å²) in [6, 6.07) is 0. The van der Waals surface area contributed by atoms with Crippen LogP contribution in [0.3, 0.4) is 0 Å². The van der Waals surface area contributed by atoms with E-state index in [1.807, 2.05) is 20.8 Å². The van der Waals surface area contributed by atoms with E-state index >= 15 is 0 Å². The Morgan fingerprint density at radius 2 is 1.32 bits per heavy atom. The van der Waals surface area contributed by atoms with E-state index < -0.39 is 5.60 Å². The van der Waals surface area contributed by atoms with Gasteiger partial charge in [-0.1, -0.05) is 0 Å². The summed E-state index contributed by atoms with van der Waals surface area (Å²) in [5, 5.41) is 3.32. The lowest BCUT2D eigenvalue weighted by Gasteiger charge is -2.33. The minimum atomic E-state index is -0.435. The second-order valence-corrected chi connectivity index (χ2v) is 9.82. The molecular formula is C23H44N4O4. The molecule has 2 rings (SSSR count). The smallest absolute Gasteiger partial charge is 0.410 e. The van der Waals surface area contributed by atoms with Crippen LogP contribution in [0.4, 0.5) is 4.79 Å². The molecule has 31 heavy (non-hydrogen) atoms. The molecule has 5 N–H and O–H groups in total. The van der Waals surface area contributed by atoms with Gasteiger partial charge in [0.25, 0.3) is 0 Å². The summed E-state index contributed by atoms with van der Waals surface area (Å²) in [5.41, 5.74) is 9.74. The number of nitrogens with one attached hydrogen (secondary N) is 1. The Balaban J connectivity index is 0.000000343. The van der Waals surface area contributed by atoms with Crippen molar-refractivity contribution in [1.82, 2.24) is 10.2 Å². The van der Waals surface area contributed by atoms with E-state index in [2.05, 4.69) is 5.32 Å². The van der Waals surface area contributed by atoms with Gasteiger partial charge in [0.2, 0.25) is 11.8 Å². The molecule has 0 spiro atoms. The molecule has 0 radical (unpaired) electrons. The fourth-order valence-corrected chi connectivity index (χ4v) is 4.03. The molecule has 2 saturated heterocycles. The summed E-state index contributed by atoms with van der Waals surface area (Å²) in [5.74, 6) is 1.03. The number of nitrogens with zero attached hydrogens (tertiary/aromatic N) is 1. The van der Waals surface area contributed by atoms with Crippen molar-refractivity contribution >= 4 is 17.9 Å². The van der Waals surface area contributed by atoms with Crippen molar-refractivity contribution in [2.24, 2.45) is 23.3 Å². The maximum Gasteiger partial charge on any atom is 0.410 e. The number of ether oxygens (including phenoxy) is 1. The molecule has 2 fully saturated rings. The normalized spacial score (nSPS) is 18.1. The molecule has 2 aliphatic rings. The van der Waals surface area contributed by atoms with Gasteiger partial charge in [-0.15, -0.1) is 0 Å². The summed E-state index contributed by atoms with van der Waals surface area (Å²) in [6.07, 6.45) is 9.31. The number of hydrogen-bond donors (Lipinski definition) is 3. The van der Waals surface area contributed by atoms with Gasteiger partial charge in [0, 0.05) is 25.9 Å². The van der Waals surface area contributed by atoms with Crippen molar-refractivity contribution in [2.75, 3.05) is 26.2 Å². The average Bonchev–Trinajstić information content (AvgIpc) is 2.68. The van der Waals surface area contributed by atoms with Crippen molar-refractivity contribution in [2.45, 2.75) is 90.6 Å². The van der Waals surface area contributed by atoms with Crippen LogP contribution in [0.15, 0.2) is 0 Å². The maximum atomic E-state index is 11.9. The Morgan fingerprint density at radius 1 is 0.871 bits per heavy atom.